The van der Waals surface area contributed by atoms with Crippen LogP contribution in [0.1, 0.15) is 16.0 Å². The number of carbonyl (C=O) groups is 1. The SMILES string of the molecule is COCCOc1ccc(C(Br)C=O)c(OCc2ccccc2)c1. The number of methoxy groups -OCH3 is 1. The van der Waals surface area contributed by atoms with Crippen molar-refractivity contribution < 1.29 is 19.0 Å². The van der Waals surface area contributed by atoms with Crippen molar-refractivity contribution in [2.24, 2.45) is 0 Å². The molecule has 5 heteroatoms. The van der Waals surface area contributed by atoms with Crippen LogP contribution in [-0.4, -0.2) is 26.6 Å². The molecule has 0 aliphatic carbocycles. The standard InChI is InChI=1S/C18H19BrO4/c1-21-9-10-22-15-7-8-16(17(19)12-20)18(11-15)23-13-14-5-3-2-4-6-14/h2-8,11-12,17H,9-10,13H2,1H3. The molecule has 0 radical (unpaired) electrons. The fraction of sp³-hybridized carbons (Fsp3) is 0.278. The van der Waals surface area contributed by atoms with E-state index in [1.165, 1.54) is 0 Å². The highest BCUT2D eigenvalue weighted by atomic mass is 79.9. The van der Waals surface area contributed by atoms with E-state index < -0.39 is 4.83 Å². The number of hydrogen-bond donors (Lipinski definition) is 0. The summed E-state index contributed by atoms with van der Waals surface area (Å²) in [6.45, 7) is 1.39. The highest BCUT2D eigenvalue weighted by Gasteiger charge is 2.14. The number of hydrogen-bond acceptors (Lipinski definition) is 4. The smallest absolute Gasteiger partial charge is 0.138 e. The van der Waals surface area contributed by atoms with Gasteiger partial charge in [-0.25, -0.2) is 0 Å². The van der Waals surface area contributed by atoms with Crippen molar-refractivity contribution >= 4 is 22.2 Å². The minimum absolute atomic E-state index is 0.415. The molecule has 0 fully saturated rings. The minimum Gasteiger partial charge on any atom is -0.491 e. The highest BCUT2D eigenvalue weighted by Crippen LogP contribution is 2.33. The molecule has 122 valence electrons. The van der Waals surface area contributed by atoms with Crippen molar-refractivity contribution in [2.45, 2.75) is 11.4 Å². The summed E-state index contributed by atoms with van der Waals surface area (Å²) in [5.74, 6) is 1.30. The van der Waals surface area contributed by atoms with E-state index in [1.54, 1.807) is 13.2 Å². The fourth-order valence-electron chi connectivity index (χ4n) is 2.01. The zero-order valence-corrected chi connectivity index (χ0v) is 14.5. The topological polar surface area (TPSA) is 44.8 Å². The van der Waals surface area contributed by atoms with Crippen LogP contribution in [0.3, 0.4) is 0 Å². The summed E-state index contributed by atoms with van der Waals surface area (Å²) in [7, 11) is 1.63. The van der Waals surface area contributed by atoms with Gasteiger partial charge >= 0.3 is 0 Å². The summed E-state index contributed by atoms with van der Waals surface area (Å²) in [5, 5.41) is 0. The second-order valence-electron chi connectivity index (χ2n) is 4.85. The molecule has 0 spiro atoms. The van der Waals surface area contributed by atoms with E-state index in [1.807, 2.05) is 42.5 Å². The van der Waals surface area contributed by atoms with Crippen LogP contribution >= 0.6 is 15.9 Å². The quantitative estimate of drug-likeness (QED) is 0.376. The van der Waals surface area contributed by atoms with Gasteiger partial charge in [0.1, 0.15) is 31.0 Å². The minimum atomic E-state index is -0.415. The summed E-state index contributed by atoms with van der Waals surface area (Å²) in [5.41, 5.74) is 1.83. The Hall–Kier alpha value is -1.85. The van der Waals surface area contributed by atoms with E-state index in [0.29, 0.717) is 31.3 Å². The third kappa shape index (κ3) is 5.37. The Morgan fingerprint density at radius 2 is 1.87 bits per heavy atom. The molecule has 0 amide bonds. The highest BCUT2D eigenvalue weighted by molar-refractivity contribution is 9.09. The van der Waals surface area contributed by atoms with Crippen LogP contribution in [-0.2, 0) is 16.1 Å². The van der Waals surface area contributed by atoms with Crippen molar-refractivity contribution in [3.63, 3.8) is 0 Å². The number of ether oxygens (including phenoxy) is 3. The van der Waals surface area contributed by atoms with Gasteiger partial charge in [0.25, 0.3) is 0 Å². The summed E-state index contributed by atoms with van der Waals surface area (Å²) in [6, 6.07) is 15.3. The average molecular weight is 379 g/mol. The molecular formula is C18H19BrO4. The zero-order valence-electron chi connectivity index (χ0n) is 12.9. The normalized spacial score (nSPS) is 11.7. The predicted octanol–water partition coefficient (Wildman–Crippen LogP) is 3.93. The Morgan fingerprint density at radius 3 is 2.57 bits per heavy atom. The summed E-state index contributed by atoms with van der Waals surface area (Å²) in [6.07, 6.45) is 0.830. The number of alkyl halides is 1. The number of rotatable bonds is 9. The third-order valence-corrected chi connectivity index (χ3v) is 3.90. The molecule has 1 unspecified atom stereocenters. The third-order valence-electron chi connectivity index (χ3n) is 3.19. The molecule has 2 aromatic rings. The first kappa shape index (κ1) is 17.5. The Bertz CT molecular complexity index is 616. The lowest BCUT2D eigenvalue weighted by Gasteiger charge is -2.15. The molecule has 2 rings (SSSR count). The second kappa shape index (κ2) is 9.33. The predicted molar refractivity (Wildman–Crippen MR) is 92.3 cm³/mol. The van der Waals surface area contributed by atoms with E-state index in [0.717, 1.165) is 17.4 Å². The number of aldehydes is 1. The van der Waals surface area contributed by atoms with Crippen LogP contribution in [0, 0.1) is 0 Å². The summed E-state index contributed by atoms with van der Waals surface area (Å²) >= 11 is 3.34. The largest absolute Gasteiger partial charge is 0.491 e. The Morgan fingerprint density at radius 1 is 1.09 bits per heavy atom. The van der Waals surface area contributed by atoms with E-state index in [2.05, 4.69) is 15.9 Å². The molecule has 0 saturated heterocycles. The van der Waals surface area contributed by atoms with Crippen molar-refractivity contribution in [2.75, 3.05) is 20.3 Å². The molecule has 23 heavy (non-hydrogen) atoms. The lowest BCUT2D eigenvalue weighted by atomic mass is 10.1. The number of benzene rings is 2. The van der Waals surface area contributed by atoms with Gasteiger partial charge in [-0.1, -0.05) is 52.3 Å². The van der Waals surface area contributed by atoms with Gasteiger partial charge < -0.3 is 19.0 Å². The molecule has 2 aromatic carbocycles. The molecular weight excluding hydrogens is 360 g/mol. The van der Waals surface area contributed by atoms with Crippen molar-refractivity contribution in [1.29, 1.82) is 0 Å². The van der Waals surface area contributed by atoms with Gasteiger partial charge in [0.15, 0.2) is 0 Å². The Labute approximate surface area is 144 Å². The Balaban J connectivity index is 2.14. The van der Waals surface area contributed by atoms with Gasteiger partial charge in [0.2, 0.25) is 0 Å². The van der Waals surface area contributed by atoms with Crippen molar-refractivity contribution in [1.82, 2.24) is 0 Å². The van der Waals surface area contributed by atoms with Gasteiger partial charge in [-0.15, -0.1) is 0 Å². The van der Waals surface area contributed by atoms with Crippen molar-refractivity contribution in [3.8, 4) is 11.5 Å². The van der Waals surface area contributed by atoms with Gasteiger partial charge in [-0.05, 0) is 11.6 Å². The summed E-state index contributed by atoms with van der Waals surface area (Å²) in [4.78, 5) is 10.7. The monoisotopic (exact) mass is 378 g/mol. The molecule has 0 N–H and O–H groups in total. The zero-order chi connectivity index (χ0) is 16.5. The number of halogens is 1. The first-order chi connectivity index (χ1) is 11.2. The molecule has 0 aliphatic rings. The Kier molecular flexibility index (Phi) is 7.10. The first-order valence-corrected chi connectivity index (χ1v) is 8.18. The molecule has 0 heterocycles. The molecule has 0 aromatic heterocycles. The van der Waals surface area contributed by atoms with Crippen molar-refractivity contribution in [3.05, 3.63) is 59.7 Å². The van der Waals surface area contributed by atoms with Crippen LogP contribution < -0.4 is 9.47 Å². The average Bonchev–Trinajstić information content (AvgIpc) is 2.60. The first-order valence-electron chi connectivity index (χ1n) is 7.26. The van der Waals surface area contributed by atoms with E-state index in [4.69, 9.17) is 14.2 Å². The molecule has 0 aliphatic heterocycles. The van der Waals surface area contributed by atoms with Crippen LogP contribution in [0.5, 0.6) is 11.5 Å². The molecule has 1 atom stereocenters. The second-order valence-corrected chi connectivity index (χ2v) is 5.84. The fourth-order valence-corrected chi connectivity index (χ4v) is 2.39. The van der Waals surface area contributed by atoms with E-state index in [9.17, 15) is 4.79 Å². The maximum absolute atomic E-state index is 11.1. The van der Waals surface area contributed by atoms with Gasteiger partial charge in [-0.2, -0.15) is 0 Å². The lowest BCUT2D eigenvalue weighted by Crippen LogP contribution is -2.05. The van der Waals surface area contributed by atoms with E-state index >= 15 is 0 Å². The maximum atomic E-state index is 11.1. The van der Waals surface area contributed by atoms with E-state index in [-0.39, 0.29) is 0 Å². The van der Waals surface area contributed by atoms with Crippen LogP contribution in [0.2, 0.25) is 0 Å². The van der Waals surface area contributed by atoms with Gasteiger partial charge in [0, 0.05) is 18.7 Å². The number of carbonyl (C=O) groups excluding carboxylic acids is 1. The summed E-state index contributed by atoms with van der Waals surface area (Å²) < 4.78 is 16.5. The van der Waals surface area contributed by atoms with Crippen LogP contribution in [0.4, 0.5) is 0 Å². The van der Waals surface area contributed by atoms with Gasteiger partial charge in [0.05, 0.1) is 11.4 Å². The van der Waals surface area contributed by atoms with Gasteiger partial charge in [-0.3, -0.25) is 0 Å². The lowest BCUT2D eigenvalue weighted by molar-refractivity contribution is -0.107. The maximum Gasteiger partial charge on any atom is 0.138 e. The van der Waals surface area contributed by atoms with Crippen LogP contribution in [0.25, 0.3) is 0 Å². The molecule has 0 bridgehead atoms. The molecule has 4 nitrogen and oxygen atoms in total. The molecule has 0 saturated carbocycles. The van der Waals surface area contributed by atoms with Crippen LogP contribution in [0.15, 0.2) is 48.5 Å².